The highest BCUT2D eigenvalue weighted by Crippen LogP contribution is 2.18. The Hall–Kier alpha value is -1.95. The number of benzene rings is 1. The van der Waals surface area contributed by atoms with Crippen LogP contribution in [0.2, 0.25) is 0 Å². The summed E-state index contributed by atoms with van der Waals surface area (Å²) in [5.41, 5.74) is 8.56. The van der Waals surface area contributed by atoms with Crippen molar-refractivity contribution in [3.05, 3.63) is 51.8 Å². The predicted molar refractivity (Wildman–Crippen MR) is 83.4 cm³/mol. The molecule has 0 fully saturated rings. The van der Waals surface area contributed by atoms with Gasteiger partial charge in [0.1, 0.15) is 0 Å². The van der Waals surface area contributed by atoms with Gasteiger partial charge < -0.3 is 10.6 Å². The Morgan fingerprint density at radius 1 is 1.33 bits per heavy atom. The number of carbonyl (C=O) groups excluding carboxylic acids is 1. The van der Waals surface area contributed by atoms with Crippen LogP contribution in [-0.2, 0) is 24.2 Å². The molecular formula is C15H15BrN4O. The van der Waals surface area contributed by atoms with Gasteiger partial charge in [-0.05, 0) is 29.7 Å². The van der Waals surface area contributed by atoms with E-state index in [4.69, 9.17) is 5.73 Å². The van der Waals surface area contributed by atoms with Crippen LogP contribution in [0, 0.1) is 0 Å². The molecule has 0 radical (unpaired) electrons. The molecule has 0 bridgehead atoms. The molecule has 108 valence electrons. The third kappa shape index (κ3) is 3.21. The molecule has 1 aliphatic rings. The Bertz CT molecular complexity index is 672. The van der Waals surface area contributed by atoms with Crippen molar-refractivity contribution in [3.8, 4) is 0 Å². The Kier molecular flexibility index (Phi) is 3.88. The molecule has 1 amide bonds. The molecule has 1 aromatic heterocycles. The second-order valence-electron chi connectivity index (χ2n) is 5.07. The summed E-state index contributed by atoms with van der Waals surface area (Å²) < 4.78 is 1.01. The monoisotopic (exact) mass is 346 g/mol. The van der Waals surface area contributed by atoms with Crippen molar-refractivity contribution in [2.45, 2.75) is 19.4 Å². The minimum Gasteiger partial charge on any atom is -0.368 e. The summed E-state index contributed by atoms with van der Waals surface area (Å²) in [7, 11) is 0. The van der Waals surface area contributed by atoms with Gasteiger partial charge in [0, 0.05) is 17.2 Å². The first-order chi connectivity index (χ1) is 10.1. The van der Waals surface area contributed by atoms with Crippen LogP contribution in [0.15, 0.2) is 34.9 Å². The van der Waals surface area contributed by atoms with Gasteiger partial charge in [-0.3, -0.25) is 4.79 Å². The molecule has 3 rings (SSSR count). The second-order valence-corrected chi connectivity index (χ2v) is 5.98. The molecule has 21 heavy (non-hydrogen) atoms. The number of anilines is 1. The van der Waals surface area contributed by atoms with Crippen molar-refractivity contribution in [1.82, 2.24) is 14.9 Å². The molecule has 1 aromatic carbocycles. The standard InChI is InChI=1S/C15H15BrN4O/c16-12-3-1-10(2-4-12)7-14(21)20-6-5-11-8-18-15(17)19-13(11)9-20/h1-4,8H,5-7,9H2,(H2,17,18,19). The molecule has 6 heteroatoms. The SMILES string of the molecule is Nc1ncc2c(n1)CN(C(=O)Cc1ccc(Br)cc1)CC2. The lowest BCUT2D eigenvalue weighted by Crippen LogP contribution is -2.37. The second kappa shape index (κ2) is 5.81. The summed E-state index contributed by atoms with van der Waals surface area (Å²) in [4.78, 5) is 22.4. The molecule has 0 spiro atoms. The maximum atomic E-state index is 12.4. The average Bonchev–Trinajstić information content (AvgIpc) is 2.48. The van der Waals surface area contributed by atoms with Gasteiger partial charge in [0.2, 0.25) is 11.9 Å². The van der Waals surface area contributed by atoms with Crippen LogP contribution in [0.5, 0.6) is 0 Å². The van der Waals surface area contributed by atoms with Gasteiger partial charge >= 0.3 is 0 Å². The summed E-state index contributed by atoms with van der Waals surface area (Å²) in [5, 5.41) is 0. The van der Waals surface area contributed by atoms with E-state index >= 15 is 0 Å². The fourth-order valence-electron chi connectivity index (χ4n) is 2.42. The number of fused-ring (bicyclic) bond motifs is 1. The van der Waals surface area contributed by atoms with E-state index in [2.05, 4.69) is 25.9 Å². The molecule has 2 N–H and O–H groups in total. The topological polar surface area (TPSA) is 72.1 Å². The van der Waals surface area contributed by atoms with Crippen LogP contribution in [0.25, 0.3) is 0 Å². The van der Waals surface area contributed by atoms with Gasteiger partial charge in [-0.15, -0.1) is 0 Å². The summed E-state index contributed by atoms with van der Waals surface area (Å²) in [6.45, 7) is 1.22. The van der Waals surface area contributed by atoms with E-state index < -0.39 is 0 Å². The van der Waals surface area contributed by atoms with Gasteiger partial charge in [-0.2, -0.15) is 0 Å². The average molecular weight is 347 g/mol. The van der Waals surface area contributed by atoms with Crippen LogP contribution in [0.4, 0.5) is 5.95 Å². The van der Waals surface area contributed by atoms with Gasteiger partial charge in [0.05, 0.1) is 18.7 Å². The lowest BCUT2D eigenvalue weighted by molar-refractivity contribution is -0.131. The summed E-state index contributed by atoms with van der Waals surface area (Å²) in [6.07, 6.45) is 2.94. The van der Waals surface area contributed by atoms with Crippen molar-refractivity contribution in [1.29, 1.82) is 0 Å². The molecule has 0 aliphatic carbocycles. The first-order valence-corrected chi connectivity index (χ1v) is 7.53. The van der Waals surface area contributed by atoms with Crippen molar-refractivity contribution in [2.75, 3.05) is 12.3 Å². The van der Waals surface area contributed by atoms with Crippen molar-refractivity contribution >= 4 is 27.8 Å². The minimum atomic E-state index is 0.111. The minimum absolute atomic E-state index is 0.111. The molecule has 0 atom stereocenters. The smallest absolute Gasteiger partial charge is 0.227 e. The summed E-state index contributed by atoms with van der Waals surface area (Å²) >= 11 is 3.39. The molecule has 5 nitrogen and oxygen atoms in total. The lowest BCUT2D eigenvalue weighted by atomic mass is 10.1. The van der Waals surface area contributed by atoms with Crippen LogP contribution >= 0.6 is 15.9 Å². The molecule has 0 saturated heterocycles. The van der Waals surface area contributed by atoms with E-state index in [1.165, 1.54) is 0 Å². The number of amides is 1. The van der Waals surface area contributed by atoms with E-state index in [1.807, 2.05) is 29.2 Å². The molecule has 2 heterocycles. The summed E-state index contributed by atoms with van der Waals surface area (Å²) in [5.74, 6) is 0.371. The van der Waals surface area contributed by atoms with E-state index in [-0.39, 0.29) is 11.9 Å². The lowest BCUT2D eigenvalue weighted by Gasteiger charge is -2.28. The van der Waals surface area contributed by atoms with Crippen molar-refractivity contribution < 1.29 is 4.79 Å². The van der Waals surface area contributed by atoms with E-state index in [9.17, 15) is 4.79 Å². The molecular weight excluding hydrogens is 332 g/mol. The third-order valence-corrected chi connectivity index (χ3v) is 4.11. The zero-order valence-electron chi connectivity index (χ0n) is 11.4. The van der Waals surface area contributed by atoms with Crippen LogP contribution < -0.4 is 5.73 Å². The Labute approximate surface area is 131 Å². The van der Waals surface area contributed by atoms with Gasteiger partial charge in [-0.25, -0.2) is 9.97 Å². The zero-order chi connectivity index (χ0) is 14.8. The van der Waals surface area contributed by atoms with Gasteiger partial charge in [-0.1, -0.05) is 28.1 Å². The maximum Gasteiger partial charge on any atom is 0.227 e. The molecule has 1 aliphatic heterocycles. The number of nitrogens with two attached hydrogens (primary N) is 1. The van der Waals surface area contributed by atoms with E-state index in [1.54, 1.807) is 6.20 Å². The van der Waals surface area contributed by atoms with Crippen molar-refractivity contribution in [3.63, 3.8) is 0 Å². The van der Waals surface area contributed by atoms with Crippen molar-refractivity contribution in [2.24, 2.45) is 0 Å². The number of nitrogens with zero attached hydrogens (tertiary/aromatic N) is 3. The zero-order valence-corrected chi connectivity index (χ0v) is 13.0. The fraction of sp³-hybridized carbons (Fsp3) is 0.267. The largest absolute Gasteiger partial charge is 0.368 e. The number of rotatable bonds is 2. The number of nitrogen functional groups attached to an aromatic ring is 1. The van der Waals surface area contributed by atoms with E-state index in [0.29, 0.717) is 19.5 Å². The first kappa shape index (κ1) is 14.0. The van der Waals surface area contributed by atoms with Gasteiger partial charge in [0.25, 0.3) is 0 Å². The predicted octanol–water partition coefficient (Wildman–Crippen LogP) is 1.95. The Balaban J connectivity index is 1.70. The number of carbonyl (C=O) groups is 1. The van der Waals surface area contributed by atoms with Crippen LogP contribution in [0.1, 0.15) is 16.8 Å². The molecule has 0 saturated carbocycles. The third-order valence-electron chi connectivity index (χ3n) is 3.59. The maximum absolute atomic E-state index is 12.4. The van der Waals surface area contributed by atoms with Gasteiger partial charge in [0.15, 0.2) is 0 Å². The fourth-order valence-corrected chi connectivity index (χ4v) is 2.68. The highest BCUT2D eigenvalue weighted by atomic mass is 79.9. The van der Waals surface area contributed by atoms with E-state index in [0.717, 1.165) is 27.7 Å². The number of halogens is 1. The Morgan fingerprint density at radius 2 is 2.10 bits per heavy atom. The quantitative estimate of drug-likeness (QED) is 0.901. The highest BCUT2D eigenvalue weighted by Gasteiger charge is 2.22. The van der Waals surface area contributed by atoms with Crippen LogP contribution in [-0.4, -0.2) is 27.3 Å². The Morgan fingerprint density at radius 3 is 2.86 bits per heavy atom. The molecule has 0 unspecified atom stereocenters. The molecule has 2 aromatic rings. The summed E-state index contributed by atoms with van der Waals surface area (Å²) in [6, 6.07) is 7.81. The number of hydrogen-bond acceptors (Lipinski definition) is 4. The number of hydrogen-bond donors (Lipinski definition) is 1. The number of aromatic nitrogens is 2. The first-order valence-electron chi connectivity index (χ1n) is 6.74. The highest BCUT2D eigenvalue weighted by molar-refractivity contribution is 9.10. The normalized spacial score (nSPS) is 13.9. The van der Waals surface area contributed by atoms with Crippen LogP contribution in [0.3, 0.4) is 0 Å².